The van der Waals surface area contributed by atoms with E-state index < -0.39 is 0 Å². The Hall–Kier alpha value is -1.03. The van der Waals surface area contributed by atoms with Crippen molar-refractivity contribution in [1.82, 2.24) is 0 Å². The second-order valence-electron chi connectivity index (χ2n) is 4.04. The minimum atomic E-state index is -0.197. The molecule has 0 fully saturated rings. The van der Waals surface area contributed by atoms with Crippen molar-refractivity contribution in [1.29, 1.82) is 0 Å². The first-order valence-corrected chi connectivity index (χ1v) is 7.05. The molecule has 0 unspecified atom stereocenters. The normalized spacial score (nSPS) is 10.3. The molecule has 5 heteroatoms. The number of rotatable bonds is 2. The van der Waals surface area contributed by atoms with E-state index in [0.717, 1.165) is 10.0 Å². The average Bonchev–Trinajstić information content (AvgIpc) is 2.33. The van der Waals surface area contributed by atoms with Gasteiger partial charge in [0, 0.05) is 20.1 Å². The summed E-state index contributed by atoms with van der Waals surface area (Å²) in [5.41, 5.74) is 2.03. The molecule has 0 atom stereocenters. The van der Waals surface area contributed by atoms with Gasteiger partial charge in [0.25, 0.3) is 5.91 Å². The average molecular weight is 359 g/mol. The Morgan fingerprint density at radius 3 is 2.42 bits per heavy atom. The molecule has 2 nitrogen and oxygen atoms in total. The van der Waals surface area contributed by atoms with Crippen LogP contribution in [0.1, 0.15) is 15.9 Å². The molecule has 0 bridgehead atoms. The third-order valence-electron chi connectivity index (χ3n) is 2.61. The molecule has 2 aromatic carbocycles. The van der Waals surface area contributed by atoms with Crippen LogP contribution in [0.3, 0.4) is 0 Å². The molecule has 0 aliphatic carbocycles. The number of nitrogens with one attached hydrogen (secondary N) is 1. The highest BCUT2D eigenvalue weighted by Gasteiger charge is 2.11. The lowest BCUT2D eigenvalue weighted by Crippen LogP contribution is -2.13. The molecule has 98 valence electrons. The number of anilines is 1. The van der Waals surface area contributed by atoms with Crippen LogP contribution in [0.5, 0.6) is 0 Å². The van der Waals surface area contributed by atoms with E-state index in [0.29, 0.717) is 21.3 Å². The van der Waals surface area contributed by atoms with Gasteiger partial charge in [0.05, 0.1) is 5.69 Å². The Kier molecular flexibility index (Phi) is 4.50. The largest absolute Gasteiger partial charge is 0.321 e. The number of carbonyl (C=O) groups excluding carboxylic acids is 1. The van der Waals surface area contributed by atoms with Crippen molar-refractivity contribution in [2.45, 2.75) is 6.92 Å². The van der Waals surface area contributed by atoms with Crippen molar-refractivity contribution >= 4 is 50.7 Å². The predicted molar refractivity (Wildman–Crippen MR) is 83.3 cm³/mol. The summed E-state index contributed by atoms with van der Waals surface area (Å²) >= 11 is 15.1. The number of hydrogen-bond donors (Lipinski definition) is 1. The number of halogens is 3. The third-order valence-corrected chi connectivity index (χ3v) is 3.77. The van der Waals surface area contributed by atoms with Gasteiger partial charge in [0.2, 0.25) is 0 Å². The summed E-state index contributed by atoms with van der Waals surface area (Å²) in [6.07, 6.45) is 0. The second-order valence-corrected chi connectivity index (χ2v) is 5.76. The fraction of sp³-hybridized carbons (Fsp3) is 0.0714. The summed E-state index contributed by atoms with van der Waals surface area (Å²) < 4.78 is 0.775. The highest BCUT2D eigenvalue weighted by atomic mass is 79.9. The van der Waals surface area contributed by atoms with Crippen LogP contribution >= 0.6 is 39.1 Å². The maximum Gasteiger partial charge on any atom is 0.255 e. The van der Waals surface area contributed by atoms with Crippen LogP contribution in [0.4, 0.5) is 5.69 Å². The zero-order chi connectivity index (χ0) is 14.0. The van der Waals surface area contributed by atoms with E-state index in [1.807, 2.05) is 6.92 Å². The number of hydrogen-bond acceptors (Lipinski definition) is 1. The molecule has 0 aliphatic heterocycles. The molecule has 1 N–H and O–H groups in total. The van der Waals surface area contributed by atoms with Crippen LogP contribution in [0, 0.1) is 6.92 Å². The summed E-state index contributed by atoms with van der Waals surface area (Å²) in [4.78, 5) is 12.2. The van der Waals surface area contributed by atoms with Gasteiger partial charge < -0.3 is 5.32 Å². The minimum absolute atomic E-state index is 0.197. The van der Waals surface area contributed by atoms with Gasteiger partial charge in [0.1, 0.15) is 0 Å². The summed E-state index contributed by atoms with van der Waals surface area (Å²) in [6.45, 7) is 1.84. The molecule has 2 rings (SSSR count). The predicted octanol–water partition coefficient (Wildman–Crippen LogP) is 5.32. The quantitative estimate of drug-likeness (QED) is 0.773. The van der Waals surface area contributed by atoms with Gasteiger partial charge in [-0.3, -0.25) is 4.79 Å². The van der Waals surface area contributed by atoms with Gasteiger partial charge in [-0.2, -0.15) is 0 Å². The van der Waals surface area contributed by atoms with Crippen LogP contribution in [0.15, 0.2) is 40.9 Å². The van der Waals surface area contributed by atoms with Gasteiger partial charge in [0.15, 0.2) is 0 Å². The zero-order valence-electron chi connectivity index (χ0n) is 10.0. The first kappa shape index (κ1) is 14.4. The first-order valence-electron chi connectivity index (χ1n) is 5.50. The fourth-order valence-corrected chi connectivity index (χ4v) is 2.41. The Balaban J connectivity index is 2.28. The summed E-state index contributed by atoms with van der Waals surface area (Å²) in [5.74, 6) is -0.197. The Morgan fingerprint density at radius 2 is 1.74 bits per heavy atom. The van der Waals surface area contributed by atoms with Crippen molar-refractivity contribution < 1.29 is 4.79 Å². The summed E-state index contributed by atoms with van der Waals surface area (Å²) in [5, 5.41) is 3.98. The van der Waals surface area contributed by atoms with Crippen LogP contribution < -0.4 is 5.32 Å². The Morgan fingerprint density at radius 1 is 1.11 bits per heavy atom. The van der Waals surface area contributed by atoms with E-state index >= 15 is 0 Å². The molecular weight excluding hydrogens is 349 g/mol. The lowest BCUT2D eigenvalue weighted by Gasteiger charge is -2.10. The third kappa shape index (κ3) is 3.50. The van der Waals surface area contributed by atoms with Gasteiger partial charge in [-0.25, -0.2) is 0 Å². The van der Waals surface area contributed by atoms with Gasteiger partial charge >= 0.3 is 0 Å². The summed E-state index contributed by atoms with van der Waals surface area (Å²) in [7, 11) is 0. The van der Waals surface area contributed by atoms with Gasteiger partial charge in [-0.05, 0) is 64.8 Å². The molecule has 0 spiro atoms. The molecule has 1 amide bonds. The molecule has 0 heterocycles. The van der Waals surface area contributed by atoms with Gasteiger partial charge in [-0.1, -0.05) is 23.2 Å². The highest BCUT2D eigenvalue weighted by Crippen LogP contribution is 2.27. The van der Waals surface area contributed by atoms with Crippen LogP contribution in [-0.4, -0.2) is 5.91 Å². The van der Waals surface area contributed by atoms with E-state index in [-0.39, 0.29) is 5.91 Å². The van der Waals surface area contributed by atoms with E-state index in [2.05, 4.69) is 21.2 Å². The van der Waals surface area contributed by atoms with E-state index in [1.54, 1.807) is 36.4 Å². The molecule has 0 saturated heterocycles. The van der Waals surface area contributed by atoms with E-state index in [4.69, 9.17) is 23.2 Å². The van der Waals surface area contributed by atoms with E-state index in [9.17, 15) is 4.79 Å². The molecule has 2 aromatic rings. The first-order chi connectivity index (χ1) is 8.97. The zero-order valence-corrected chi connectivity index (χ0v) is 13.1. The number of aryl methyl sites for hydroxylation is 1. The maximum atomic E-state index is 12.2. The lowest BCUT2D eigenvalue weighted by atomic mass is 10.1. The van der Waals surface area contributed by atoms with Crippen molar-refractivity contribution in [3.8, 4) is 0 Å². The molecule has 0 saturated carbocycles. The van der Waals surface area contributed by atoms with Crippen molar-refractivity contribution in [3.63, 3.8) is 0 Å². The van der Waals surface area contributed by atoms with Crippen molar-refractivity contribution in [2.24, 2.45) is 0 Å². The summed E-state index contributed by atoms with van der Waals surface area (Å²) in [6, 6.07) is 10.4. The highest BCUT2D eigenvalue weighted by molar-refractivity contribution is 9.10. The van der Waals surface area contributed by atoms with Crippen LogP contribution in [0.2, 0.25) is 10.0 Å². The van der Waals surface area contributed by atoms with Crippen molar-refractivity contribution in [3.05, 3.63) is 62.0 Å². The monoisotopic (exact) mass is 357 g/mol. The van der Waals surface area contributed by atoms with Crippen molar-refractivity contribution in [2.75, 3.05) is 5.32 Å². The van der Waals surface area contributed by atoms with E-state index in [1.165, 1.54) is 0 Å². The second kappa shape index (κ2) is 5.95. The lowest BCUT2D eigenvalue weighted by molar-refractivity contribution is 0.102. The number of amides is 1. The SMILES string of the molecule is Cc1cc(Cl)ccc1C(=O)Nc1cc(Cl)ccc1Br. The Labute approximate surface area is 129 Å². The van der Waals surface area contributed by atoms with Crippen LogP contribution in [0.25, 0.3) is 0 Å². The van der Waals surface area contributed by atoms with Gasteiger partial charge in [-0.15, -0.1) is 0 Å². The van der Waals surface area contributed by atoms with Crippen LogP contribution in [-0.2, 0) is 0 Å². The smallest absolute Gasteiger partial charge is 0.255 e. The molecule has 0 radical (unpaired) electrons. The standard InChI is InChI=1S/C14H10BrCl2NO/c1-8-6-9(16)2-4-11(8)14(19)18-13-7-10(17)3-5-12(13)15/h2-7H,1H3,(H,18,19). The molecular formula is C14H10BrCl2NO. The fourth-order valence-electron chi connectivity index (χ4n) is 1.66. The molecule has 0 aliphatic rings. The number of benzene rings is 2. The number of carbonyl (C=O) groups is 1. The molecule has 19 heavy (non-hydrogen) atoms. The molecule has 0 aromatic heterocycles. The minimum Gasteiger partial charge on any atom is -0.321 e. The maximum absolute atomic E-state index is 12.2. The topological polar surface area (TPSA) is 29.1 Å². The Bertz CT molecular complexity index is 643.